The summed E-state index contributed by atoms with van der Waals surface area (Å²) in [6.45, 7) is 3.63. The Hall–Kier alpha value is -3.44. The number of ether oxygens (including phenoxy) is 1. The quantitative estimate of drug-likeness (QED) is 0.204. The third-order valence-electron chi connectivity index (χ3n) is 5.12. The Morgan fingerprint density at radius 2 is 2.06 bits per heavy atom. The summed E-state index contributed by atoms with van der Waals surface area (Å²) < 4.78 is 20.1. The van der Waals surface area contributed by atoms with Gasteiger partial charge in [0.15, 0.2) is 0 Å². The van der Waals surface area contributed by atoms with E-state index in [4.69, 9.17) is 16.3 Å². The third kappa shape index (κ3) is 4.75. The van der Waals surface area contributed by atoms with E-state index in [0.29, 0.717) is 38.7 Å². The number of carbonyl (C=O) groups is 1. The summed E-state index contributed by atoms with van der Waals surface area (Å²) in [6, 6.07) is 9.38. The smallest absolute Gasteiger partial charge is 0.338 e. The topological polar surface area (TPSA) is 112 Å². The summed E-state index contributed by atoms with van der Waals surface area (Å²) in [6.07, 6.45) is 0. The summed E-state index contributed by atoms with van der Waals surface area (Å²) >= 11 is 7.42. The van der Waals surface area contributed by atoms with Crippen molar-refractivity contribution in [1.29, 1.82) is 0 Å². The molecule has 0 aliphatic carbocycles. The summed E-state index contributed by atoms with van der Waals surface area (Å²) in [7, 11) is 0. The molecule has 0 unspecified atom stereocenters. The number of nitro groups is 1. The Kier molecular flexibility index (Phi) is 6.85. The molecule has 0 bridgehead atoms. The number of nitro benzene ring substituents is 1. The fourth-order valence-electron chi connectivity index (χ4n) is 3.53. The molecule has 1 aromatic heterocycles. The Labute approximate surface area is 203 Å². The lowest BCUT2D eigenvalue weighted by atomic mass is 9.95. The number of non-ortho nitro benzene ring substituents is 1. The van der Waals surface area contributed by atoms with Gasteiger partial charge in [-0.2, -0.15) is 4.98 Å². The predicted octanol–water partition coefficient (Wildman–Crippen LogP) is 5.12. The molecule has 0 amide bonds. The van der Waals surface area contributed by atoms with Gasteiger partial charge >= 0.3 is 5.97 Å². The van der Waals surface area contributed by atoms with Gasteiger partial charge in [-0.3, -0.25) is 10.1 Å². The molecule has 2 aromatic carbocycles. The summed E-state index contributed by atoms with van der Waals surface area (Å²) in [4.78, 5) is 27.9. The average Bonchev–Trinajstić information content (AvgIpc) is 3.20. The Morgan fingerprint density at radius 1 is 1.32 bits per heavy atom. The van der Waals surface area contributed by atoms with Gasteiger partial charge in [0.25, 0.3) is 5.69 Å². The molecule has 34 heavy (non-hydrogen) atoms. The second-order valence-electron chi connectivity index (χ2n) is 7.32. The van der Waals surface area contributed by atoms with Crippen molar-refractivity contribution in [1.82, 2.24) is 14.8 Å². The molecule has 0 fully saturated rings. The van der Waals surface area contributed by atoms with E-state index in [2.05, 4.69) is 15.4 Å². The van der Waals surface area contributed by atoms with Crippen molar-refractivity contribution >= 4 is 41.0 Å². The van der Waals surface area contributed by atoms with Crippen LogP contribution in [0.15, 0.2) is 58.9 Å². The average molecular weight is 504 g/mol. The molecule has 0 saturated carbocycles. The molecule has 3 aromatic rings. The number of hydrogen-bond donors (Lipinski definition) is 1. The fraction of sp³-hybridized carbons (Fsp3) is 0.227. The van der Waals surface area contributed by atoms with Gasteiger partial charge < -0.3 is 10.1 Å². The molecule has 1 aliphatic heterocycles. The van der Waals surface area contributed by atoms with Crippen LogP contribution in [0.1, 0.15) is 31.0 Å². The minimum Gasteiger partial charge on any atom is -0.463 e. The van der Waals surface area contributed by atoms with Gasteiger partial charge in [0.2, 0.25) is 11.1 Å². The Bertz CT molecular complexity index is 1290. The second kappa shape index (κ2) is 9.82. The Balaban J connectivity index is 1.69. The molecule has 0 saturated heterocycles. The maximum Gasteiger partial charge on any atom is 0.338 e. The molecule has 0 radical (unpaired) electrons. The van der Waals surface area contributed by atoms with Crippen molar-refractivity contribution < 1.29 is 18.8 Å². The van der Waals surface area contributed by atoms with E-state index in [9.17, 15) is 19.3 Å². The van der Waals surface area contributed by atoms with Crippen LogP contribution in [0.5, 0.6) is 0 Å². The number of esters is 1. The zero-order valence-corrected chi connectivity index (χ0v) is 19.7. The van der Waals surface area contributed by atoms with E-state index < -0.39 is 22.8 Å². The summed E-state index contributed by atoms with van der Waals surface area (Å²) in [5.74, 6) is -0.134. The van der Waals surface area contributed by atoms with Crippen molar-refractivity contribution in [2.45, 2.75) is 30.8 Å². The van der Waals surface area contributed by atoms with E-state index >= 15 is 0 Å². The lowest BCUT2D eigenvalue weighted by molar-refractivity contribution is -0.384. The normalized spacial score (nSPS) is 15.0. The van der Waals surface area contributed by atoms with Gasteiger partial charge in [-0.05, 0) is 49.2 Å². The minimum absolute atomic E-state index is 0.0673. The molecule has 1 aliphatic rings. The van der Waals surface area contributed by atoms with Crippen molar-refractivity contribution in [2.24, 2.45) is 0 Å². The van der Waals surface area contributed by atoms with Gasteiger partial charge in [-0.1, -0.05) is 29.4 Å². The highest BCUT2D eigenvalue weighted by molar-refractivity contribution is 7.98. The number of benzene rings is 2. The number of nitrogens with one attached hydrogen (secondary N) is 1. The molecular formula is C22H19ClFN5O4S. The van der Waals surface area contributed by atoms with Gasteiger partial charge in [0, 0.05) is 28.6 Å². The lowest BCUT2D eigenvalue weighted by Crippen LogP contribution is -2.29. The summed E-state index contributed by atoms with van der Waals surface area (Å²) in [5, 5.41) is 19.5. The standard InChI is InChI=1S/C22H19ClFN5O4S/c1-3-33-20(30)18-12(2)25-21-26-22(34-11-14-4-7-15(24)10-17(14)23)27-28(21)19(18)13-5-8-16(9-6-13)29(31)32/h4-10,19H,3,11H2,1-2H3,(H,25,26,27)/t19-/m0/s1. The molecule has 4 rings (SSSR count). The highest BCUT2D eigenvalue weighted by Crippen LogP contribution is 2.37. The molecule has 9 nitrogen and oxygen atoms in total. The number of aromatic nitrogens is 3. The molecule has 12 heteroatoms. The molecule has 2 heterocycles. The van der Waals surface area contributed by atoms with E-state index in [0.717, 1.165) is 5.56 Å². The third-order valence-corrected chi connectivity index (χ3v) is 6.36. The van der Waals surface area contributed by atoms with Gasteiger partial charge in [0.05, 0.1) is 17.1 Å². The summed E-state index contributed by atoms with van der Waals surface area (Å²) in [5.41, 5.74) is 2.13. The zero-order chi connectivity index (χ0) is 24.4. The fourth-order valence-corrected chi connectivity index (χ4v) is 4.68. The SMILES string of the molecule is CCOC(=O)C1=C(C)Nc2nc(SCc3ccc(F)cc3Cl)nn2[C@H]1c1ccc([N+](=O)[O-])cc1. The van der Waals surface area contributed by atoms with E-state index in [1.54, 1.807) is 36.7 Å². The monoisotopic (exact) mass is 503 g/mol. The molecule has 1 atom stereocenters. The van der Waals surface area contributed by atoms with Gasteiger partial charge in [-0.25, -0.2) is 13.9 Å². The number of allylic oxidation sites excluding steroid dienone is 1. The van der Waals surface area contributed by atoms with Crippen molar-refractivity contribution in [2.75, 3.05) is 11.9 Å². The molecule has 176 valence electrons. The van der Waals surface area contributed by atoms with Crippen molar-refractivity contribution in [3.63, 3.8) is 0 Å². The van der Waals surface area contributed by atoms with Crippen LogP contribution in [-0.4, -0.2) is 32.3 Å². The maximum atomic E-state index is 13.3. The van der Waals surface area contributed by atoms with E-state index in [1.165, 1.54) is 36.0 Å². The first-order valence-electron chi connectivity index (χ1n) is 10.2. The number of nitrogens with zero attached hydrogens (tertiary/aromatic N) is 4. The van der Waals surface area contributed by atoms with Crippen LogP contribution in [0, 0.1) is 15.9 Å². The lowest BCUT2D eigenvalue weighted by Gasteiger charge is -2.28. The number of thioether (sulfide) groups is 1. The first kappa shape index (κ1) is 23.7. The largest absolute Gasteiger partial charge is 0.463 e. The molecule has 0 spiro atoms. The van der Waals surface area contributed by atoms with Gasteiger partial charge in [-0.15, -0.1) is 5.10 Å². The van der Waals surface area contributed by atoms with Crippen LogP contribution in [0.25, 0.3) is 0 Å². The number of hydrogen-bond acceptors (Lipinski definition) is 8. The first-order valence-corrected chi connectivity index (χ1v) is 11.6. The maximum absolute atomic E-state index is 13.3. The van der Waals surface area contributed by atoms with Crippen molar-refractivity contribution in [3.05, 3.63) is 85.8 Å². The van der Waals surface area contributed by atoms with Crippen LogP contribution in [0.4, 0.5) is 16.0 Å². The number of fused-ring (bicyclic) bond motifs is 1. The van der Waals surface area contributed by atoms with Crippen molar-refractivity contribution in [3.8, 4) is 0 Å². The highest BCUT2D eigenvalue weighted by atomic mass is 35.5. The van der Waals surface area contributed by atoms with Crippen LogP contribution < -0.4 is 5.32 Å². The predicted molar refractivity (Wildman–Crippen MR) is 125 cm³/mol. The van der Waals surface area contributed by atoms with E-state index in [-0.39, 0.29) is 12.3 Å². The zero-order valence-electron chi connectivity index (χ0n) is 18.1. The molecule has 1 N–H and O–H groups in total. The number of carbonyl (C=O) groups excluding carboxylic acids is 1. The van der Waals surface area contributed by atoms with E-state index in [1.807, 2.05) is 0 Å². The van der Waals surface area contributed by atoms with Crippen LogP contribution in [0.3, 0.4) is 0 Å². The first-order chi connectivity index (χ1) is 16.3. The van der Waals surface area contributed by atoms with Gasteiger partial charge in [0.1, 0.15) is 11.9 Å². The highest BCUT2D eigenvalue weighted by Gasteiger charge is 2.35. The number of rotatable bonds is 7. The minimum atomic E-state index is -0.702. The van der Waals surface area contributed by atoms with Crippen LogP contribution in [-0.2, 0) is 15.3 Å². The molecular weight excluding hydrogens is 485 g/mol. The number of halogens is 2. The van der Waals surface area contributed by atoms with Crippen LogP contribution >= 0.6 is 23.4 Å². The number of anilines is 1. The Morgan fingerprint density at radius 3 is 2.71 bits per heavy atom. The van der Waals surface area contributed by atoms with Crippen LogP contribution in [0.2, 0.25) is 5.02 Å². The second-order valence-corrected chi connectivity index (χ2v) is 8.67.